The number of nitrogens with one attached hydrogen (secondary N) is 2. The maximum Gasteiger partial charge on any atom is 0.409 e. The van der Waals surface area contributed by atoms with E-state index in [1.165, 1.54) is 0 Å². The molecule has 8 heteroatoms. The van der Waals surface area contributed by atoms with Gasteiger partial charge in [0, 0.05) is 38.9 Å². The molecule has 0 atom stereocenters. The van der Waals surface area contributed by atoms with Crippen molar-refractivity contribution in [3.05, 3.63) is 0 Å². The number of likely N-dealkylation sites (tertiary alicyclic amines) is 1. The number of hydrogen-bond donors (Lipinski definition) is 2. The van der Waals surface area contributed by atoms with Crippen LogP contribution in [0.3, 0.4) is 0 Å². The van der Waals surface area contributed by atoms with Gasteiger partial charge in [0.2, 0.25) is 0 Å². The molecule has 0 aromatic heterocycles. The van der Waals surface area contributed by atoms with Gasteiger partial charge in [0.1, 0.15) is 0 Å². The average Bonchev–Trinajstić information content (AvgIpc) is 2.55. The third-order valence-corrected chi connectivity index (χ3v) is 3.52. The standard InChI is InChI=1S/C15H27N3O5/c1-3-22-11-5-8-16-13(19)14(20)17-12-6-9-18(10-7-12)15(21)23-4-2/h12H,3-11H2,1-2H3,(H,16,19)(H,17,20). The number of rotatable bonds is 7. The normalized spacial score (nSPS) is 15.1. The van der Waals surface area contributed by atoms with Gasteiger partial charge >= 0.3 is 17.9 Å². The van der Waals surface area contributed by atoms with Crippen molar-refractivity contribution in [1.82, 2.24) is 15.5 Å². The number of amides is 3. The first-order valence-corrected chi connectivity index (χ1v) is 8.16. The summed E-state index contributed by atoms with van der Waals surface area (Å²) in [6, 6.07) is -0.0950. The van der Waals surface area contributed by atoms with E-state index in [4.69, 9.17) is 9.47 Å². The second-order valence-corrected chi connectivity index (χ2v) is 5.24. The number of hydrogen-bond acceptors (Lipinski definition) is 5. The van der Waals surface area contributed by atoms with Gasteiger partial charge in [-0.15, -0.1) is 0 Å². The maximum absolute atomic E-state index is 11.8. The second-order valence-electron chi connectivity index (χ2n) is 5.24. The van der Waals surface area contributed by atoms with Gasteiger partial charge in [-0.05, 0) is 33.1 Å². The highest BCUT2D eigenvalue weighted by Gasteiger charge is 2.26. The average molecular weight is 329 g/mol. The minimum Gasteiger partial charge on any atom is -0.450 e. The van der Waals surface area contributed by atoms with Crippen molar-refractivity contribution >= 4 is 17.9 Å². The van der Waals surface area contributed by atoms with Gasteiger partial charge in [-0.3, -0.25) is 9.59 Å². The van der Waals surface area contributed by atoms with E-state index in [2.05, 4.69) is 10.6 Å². The lowest BCUT2D eigenvalue weighted by Gasteiger charge is -2.31. The van der Waals surface area contributed by atoms with Crippen LogP contribution in [0.4, 0.5) is 4.79 Å². The van der Waals surface area contributed by atoms with Crippen molar-refractivity contribution in [2.24, 2.45) is 0 Å². The summed E-state index contributed by atoms with van der Waals surface area (Å²) >= 11 is 0. The van der Waals surface area contributed by atoms with Gasteiger partial charge in [-0.25, -0.2) is 4.79 Å². The van der Waals surface area contributed by atoms with Crippen LogP contribution in [-0.2, 0) is 19.1 Å². The number of nitrogens with zero attached hydrogens (tertiary/aromatic N) is 1. The Bertz CT molecular complexity index is 395. The summed E-state index contributed by atoms with van der Waals surface area (Å²) in [5, 5.41) is 5.26. The molecule has 1 aliphatic heterocycles. The molecule has 8 nitrogen and oxygen atoms in total. The topological polar surface area (TPSA) is 97.0 Å². The zero-order chi connectivity index (χ0) is 17.1. The van der Waals surface area contributed by atoms with Gasteiger partial charge in [0.05, 0.1) is 6.61 Å². The van der Waals surface area contributed by atoms with Gasteiger partial charge in [-0.1, -0.05) is 0 Å². The lowest BCUT2D eigenvalue weighted by atomic mass is 10.1. The number of carbonyl (C=O) groups is 3. The molecule has 2 N–H and O–H groups in total. The fourth-order valence-electron chi connectivity index (χ4n) is 2.27. The van der Waals surface area contributed by atoms with E-state index in [0.717, 1.165) is 0 Å². The third kappa shape index (κ3) is 7.32. The predicted molar refractivity (Wildman–Crippen MR) is 83.9 cm³/mol. The highest BCUT2D eigenvalue weighted by atomic mass is 16.6. The molecule has 0 bridgehead atoms. The Hall–Kier alpha value is -1.83. The van der Waals surface area contributed by atoms with Crippen molar-refractivity contribution in [2.45, 2.75) is 39.2 Å². The molecule has 132 valence electrons. The Morgan fingerprint density at radius 3 is 2.39 bits per heavy atom. The molecule has 1 aliphatic rings. The summed E-state index contributed by atoms with van der Waals surface area (Å²) in [5.41, 5.74) is 0. The summed E-state index contributed by atoms with van der Waals surface area (Å²) in [4.78, 5) is 36.6. The minimum atomic E-state index is -0.630. The van der Waals surface area contributed by atoms with E-state index in [1.807, 2.05) is 6.92 Å². The highest BCUT2D eigenvalue weighted by Crippen LogP contribution is 2.11. The van der Waals surface area contributed by atoms with E-state index in [-0.39, 0.29) is 12.1 Å². The quantitative estimate of drug-likeness (QED) is 0.516. The van der Waals surface area contributed by atoms with Gasteiger partial charge in [0.15, 0.2) is 0 Å². The van der Waals surface area contributed by atoms with Crippen LogP contribution in [-0.4, -0.2) is 68.3 Å². The first-order chi connectivity index (χ1) is 11.1. The van der Waals surface area contributed by atoms with Gasteiger partial charge in [-0.2, -0.15) is 0 Å². The van der Waals surface area contributed by atoms with E-state index in [0.29, 0.717) is 58.7 Å². The van der Waals surface area contributed by atoms with Crippen molar-refractivity contribution in [3.63, 3.8) is 0 Å². The highest BCUT2D eigenvalue weighted by molar-refractivity contribution is 6.35. The Labute approximate surface area is 136 Å². The Morgan fingerprint density at radius 1 is 1.09 bits per heavy atom. The molecule has 1 fully saturated rings. The van der Waals surface area contributed by atoms with Crippen LogP contribution in [0.15, 0.2) is 0 Å². The van der Waals surface area contributed by atoms with Crippen molar-refractivity contribution in [1.29, 1.82) is 0 Å². The minimum absolute atomic E-state index is 0.0950. The number of carbonyl (C=O) groups excluding carboxylic acids is 3. The number of piperidine rings is 1. The van der Waals surface area contributed by atoms with Crippen LogP contribution >= 0.6 is 0 Å². The van der Waals surface area contributed by atoms with E-state index in [9.17, 15) is 14.4 Å². The molecule has 0 aromatic carbocycles. The zero-order valence-corrected chi connectivity index (χ0v) is 13.9. The summed E-state index contributed by atoms with van der Waals surface area (Å²) in [7, 11) is 0. The van der Waals surface area contributed by atoms with Gasteiger partial charge < -0.3 is 25.0 Å². The third-order valence-electron chi connectivity index (χ3n) is 3.52. The fraction of sp³-hybridized carbons (Fsp3) is 0.800. The molecule has 0 saturated carbocycles. The molecule has 23 heavy (non-hydrogen) atoms. The van der Waals surface area contributed by atoms with Crippen molar-refractivity contribution in [2.75, 3.05) is 39.5 Å². The van der Waals surface area contributed by atoms with Crippen LogP contribution in [0, 0.1) is 0 Å². The Kier molecular flexibility index (Phi) is 9.04. The van der Waals surface area contributed by atoms with Crippen LogP contribution in [0.5, 0.6) is 0 Å². The molecule has 0 aliphatic carbocycles. The first kappa shape index (κ1) is 19.2. The van der Waals surface area contributed by atoms with Crippen molar-refractivity contribution < 1.29 is 23.9 Å². The van der Waals surface area contributed by atoms with E-state index >= 15 is 0 Å². The van der Waals surface area contributed by atoms with Crippen LogP contribution in [0.1, 0.15) is 33.1 Å². The molecular weight excluding hydrogens is 302 g/mol. The smallest absolute Gasteiger partial charge is 0.409 e. The number of ether oxygens (including phenoxy) is 2. The first-order valence-electron chi connectivity index (χ1n) is 8.16. The zero-order valence-electron chi connectivity index (χ0n) is 13.9. The monoisotopic (exact) mass is 329 g/mol. The summed E-state index contributed by atoms with van der Waals surface area (Å²) in [6.07, 6.45) is 1.57. The lowest BCUT2D eigenvalue weighted by molar-refractivity contribution is -0.139. The molecule has 0 radical (unpaired) electrons. The lowest BCUT2D eigenvalue weighted by Crippen LogP contribution is -2.50. The predicted octanol–water partition coefficient (Wildman–Crippen LogP) is 0.266. The molecule has 0 aromatic rings. The molecule has 1 saturated heterocycles. The maximum atomic E-state index is 11.8. The SMILES string of the molecule is CCOCCCNC(=O)C(=O)NC1CCN(C(=O)OCC)CC1. The van der Waals surface area contributed by atoms with Crippen molar-refractivity contribution in [3.8, 4) is 0 Å². The molecule has 0 spiro atoms. The fourth-order valence-corrected chi connectivity index (χ4v) is 2.27. The Balaban J connectivity index is 2.20. The Morgan fingerprint density at radius 2 is 1.78 bits per heavy atom. The molecule has 3 amide bonds. The van der Waals surface area contributed by atoms with Gasteiger partial charge in [0.25, 0.3) is 0 Å². The van der Waals surface area contributed by atoms with E-state index < -0.39 is 11.8 Å². The summed E-state index contributed by atoms with van der Waals surface area (Å²) in [6.45, 7) is 6.65. The van der Waals surface area contributed by atoms with Crippen LogP contribution in [0.2, 0.25) is 0 Å². The van der Waals surface area contributed by atoms with E-state index in [1.54, 1.807) is 11.8 Å². The second kappa shape index (κ2) is 10.8. The molecule has 1 heterocycles. The molecule has 1 rings (SSSR count). The summed E-state index contributed by atoms with van der Waals surface area (Å²) in [5.74, 6) is -1.26. The molecular formula is C15H27N3O5. The summed E-state index contributed by atoms with van der Waals surface area (Å²) < 4.78 is 10.1. The van der Waals surface area contributed by atoms with Crippen LogP contribution in [0.25, 0.3) is 0 Å². The largest absolute Gasteiger partial charge is 0.450 e. The van der Waals surface area contributed by atoms with Crippen LogP contribution < -0.4 is 10.6 Å². The molecule has 0 unspecified atom stereocenters.